The normalized spacial score (nSPS) is 14.5. The highest BCUT2D eigenvalue weighted by atomic mass is 19.1. The van der Waals surface area contributed by atoms with Crippen molar-refractivity contribution < 1.29 is 9.13 Å². The van der Waals surface area contributed by atoms with Crippen LogP contribution in [0.1, 0.15) is 11.1 Å². The minimum absolute atomic E-state index is 0.185. The van der Waals surface area contributed by atoms with Gasteiger partial charge in [0.2, 0.25) is 0 Å². The van der Waals surface area contributed by atoms with Gasteiger partial charge in [-0.1, -0.05) is 6.07 Å². The molecule has 3 aromatic rings. The van der Waals surface area contributed by atoms with E-state index in [1.807, 2.05) is 29.2 Å². The molecule has 3 heterocycles. The number of morpholine rings is 1. The number of hydrogen-bond acceptors (Lipinski definition) is 5. The molecule has 0 atom stereocenters. The molecule has 1 saturated heterocycles. The number of nitrogens with zero attached hydrogens (tertiary/aromatic N) is 3. The Hall–Kier alpha value is -2.77. The van der Waals surface area contributed by atoms with Gasteiger partial charge in [-0.2, -0.15) is 5.10 Å². The van der Waals surface area contributed by atoms with Crippen molar-refractivity contribution in [2.45, 2.75) is 13.1 Å². The van der Waals surface area contributed by atoms with Gasteiger partial charge in [0.05, 0.1) is 30.8 Å². The topological polar surface area (TPSA) is 66.1 Å². The number of anilines is 1. The second-order valence-electron chi connectivity index (χ2n) is 6.50. The summed E-state index contributed by atoms with van der Waals surface area (Å²) in [6.45, 7) is 3.96. The predicted octanol–water partition coefficient (Wildman–Crippen LogP) is 2.74. The molecule has 0 saturated carbocycles. The van der Waals surface area contributed by atoms with Gasteiger partial charge in [-0.15, -0.1) is 0 Å². The van der Waals surface area contributed by atoms with Crippen molar-refractivity contribution in [2.75, 3.05) is 31.2 Å². The maximum Gasteiger partial charge on any atom is 0.146 e. The third-order valence-corrected chi connectivity index (χ3v) is 4.68. The van der Waals surface area contributed by atoms with Gasteiger partial charge >= 0.3 is 0 Å². The second kappa shape index (κ2) is 8.28. The SMILES string of the molecule is Fc1cc(CNCc2cn[nH]c2-c2cccnc2)ccc1N1CCOCC1. The maximum absolute atomic E-state index is 14.5. The molecule has 1 fully saturated rings. The third-order valence-electron chi connectivity index (χ3n) is 4.68. The van der Waals surface area contributed by atoms with Gasteiger partial charge in [0.1, 0.15) is 5.82 Å². The summed E-state index contributed by atoms with van der Waals surface area (Å²) in [6, 6.07) is 9.32. The Balaban J connectivity index is 1.37. The number of hydrogen-bond donors (Lipinski definition) is 2. The Kier molecular flexibility index (Phi) is 5.41. The molecule has 0 amide bonds. The summed E-state index contributed by atoms with van der Waals surface area (Å²) in [5.41, 5.74) is 4.55. The van der Waals surface area contributed by atoms with E-state index in [9.17, 15) is 4.39 Å². The van der Waals surface area contributed by atoms with Gasteiger partial charge < -0.3 is 15.0 Å². The summed E-state index contributed by atoms with van der Waals surface area (Å²) in [5.74, 6) is -0.185. The highest BCUT2D eigenvalue weighted by Gasteiger charge is 2.15. The van der Waals surface area contributed by atoms with Gasteiger partial charge in [0, 0.05) is 49.7 Å². The molecule has 0 unspecified atom stereocenters. The lowest BCUT2D eigenvalue weighted by Gasteiger charge is -2.29. The molecule has 4 rings (SSSR count). The van der Waals surface area contributed by atoms with Crippen LogP contribution in [0.3, 0.4) is 0 Å². The van der Waals surface area contributed by atoms with E-state index in [1.54, 1.807) is 24.7 Å². The van der Waals surface area contributed by atoms with Crippen molar-refractivity contribution in [3.8, 4) is 11.3 Å². The number of benzene rings is 1. The van der Waals surface area contributed by atoms with Crippen LogP contribution in [0.5, 0.6) is 0 Å². The van der Waals surface area contributed by atoms with E-state index in [4.69, 9.17) is 4.74 Å². The molecule has 0 radical (unpaired) electrons. The van der Waals surface area contributed by atoms with Crippen molar-refractivity contribution >= 4 is 5.69 Å². The van der Waals surface area contributed by atoms with Crippen molar-refractivity contribution in [3.63, 3.8) is 0 Å². The first-order valence-corrected chi connectivity index (χ1v) is 9.06. The maximum atomic E-state index is 14.5. The summed E-state index contributed by atoms with van der Waals surface area (Å²) in [6.07, 6.45) is 5.35. The Morgan fingerprint density at radius 2 is 2.04 bits per heavy atom. The van der Waals surface area contributed by atoms with Crippen LogP contribution in [-0.4, -0.2) is 41.5 Å². The van der Waals surface area contributed by atoms with Crippen LogP contribution in [0.25, 0.3) is 11.3 Å². The van der Waals surface area contributed by atoms with Gasteiger partial charge in [-0.25, -0.2) is 4.39 Å². The van der Waals surface area contributed by atoms with Gasteiger partial charge in [-0.05, 0) is 29.8 Å². The second-order valence-corrected chi connectivity index (χ2v) is 6.50. The molecule has 2 aromatic heterocycles. The lowest BCUT2D eigenvalue weighted by molar-refractivity contribution is 0.122. The van der Waals surface area contributed by atoms with E-state index in [0.29, 0.717) is 32.0 Å². The van der Waals surface area contributed by atoms with Crippen LogP contribution in [0.2, 0.25) is 0 Å². The first kappa shape index (κ1) is 17.6. The van der Waals surface area contributed by atoms with E-state index in [2.05, 4.69) is 20.5 Å². The Morgan fingerprint density at radius 3 is 2.81 bits per heavy atom. The molecule has 140 valence electrons. The Morgan fingerprint density at radius 1 is 1.15 bits per heavy atom. The molecule has 1 aliphatic rings. The molecule has 0 spiro atoms. The van der Waals surface area contributed by atoms with Gasteiger partial charge in [0.25, 0.3) is 0 Å². The van der Waals surface area contributed by atoms with E-state index < -0.39 is 0 Å². The third kappa shape index (κ3) is 4.15. The lowest BCUT2D eigenvalue weighted by atomic mass is 10.1. The minimum atomic E-state index is -0.185. The number of rotatable bonds is 6. The standard InChI is InChI=1S/C20H22FN5O/c21-18-10-15(3-4-19(18)26-6-8-27-9-7-26)11-23-13-17-14-24-25-20(17)16-2-1-5-22-12-16/h1-5,10,12,14,23H,6-9,11,13H2,(H,24,25). The van der Waals surface area contributed by atoms with Crippen LogP contribution in [0, 0.1) is 5.82 Å². The zero-order valence-corrected chi connectivity index (χ0v) is 15.0. The average Bonchev–Trinajstić information content (AvgIpc) is 3.18. The van der Waals surface area contributed by atoms with Crippen LogP contribution in [0.4, 0.5) is 10.1 Å². The summed E-state index contributed by atoms with van der Waals surface area (Å²) in [7, 11) is 0. The zero-order valence-electron chi connectivity index (χ0n) is 15.0. The highest BCUT2D eigenvalue weighted by Crippen LogP contribution is 2.22. The molecule has 2 N–H and O–H groups in total. The number of pyridine rings is 1. The number of nitrogens with one attached hydrogen (secondary N) is 2. The zero-order chi connectivity index (χ0) is 18.5. The number of H-pyrrole nitrogens is 1. The average molecular weight is 367 g/mol. The fourth-order valence-corrected chi connectivity index (χ4v) is 3.27. The molecular formula is C20H22FN5O. The summed E-state index contributed by atoms with van der Waals surface area (Å²) >= 11 is 0. The molecule has 6 nitrogen and oxygen atoms in total. The van der Waals surface area contributed by atoms with Crippen LogP contribution >= 0.6 is 0 Å². The molecule has 27 heavy (non-hydrogen) atoms. The number of aromatic amines is 1. The van der Waals surface area contributed by atoms with E-state index >= 15 is 0 Å². The fraction of sp³-hybridized carbons (Fsp3) is 0.300. The highest BCUT2D eigenvalue weighted by molar-refractivity contribution is 5.61. The Bertz CT molecular complexity index is 877. The molecule has 1 aliphatic heterocycles. The smallest absolute Gasteiger partial charge is 0.146 e. The monoisotopic (exact) mass is 367 g/mol. The van der Waals surface area contributed by atoms with Gasteiger partial charge in [0.15, 0.2) is 0 Å². The van der Waals surface area contributed by atoms with Crippen molar-refractivity contribution in [3.05, 3.63) is 65.9 Å². The summed E-state index contributed by atoms with van der Waals surface area (Å²) in [4.78, 5) is 6.17. The molecule has 1 aromatic carbocycles. The summed E-state index contributed by atoms with van der Waals surface area (Å²) in [5, 5.41) is 10.5. The number of halogens is 1. The predicted molar refractivity (Wildman–Crippen MR) is 102 cm³/mol. The van der Waals surface area contributed by atoms with E-state index in [0.717, 1.165) is 35.5 Å². The molecule has 0 bridgehead atoms. The van der Waals surface area contributed by atoms with Crippen molar-refractivity contribution in [1.29, 1.82) is 0 Å². The quantitative estimate of drug-likeness (QED) is 0.701. The van der Waals surface area contributed by atoms with E-state index in [1.165, 1.54) is 0 Å². The van der Waals surface area contributed by atoms with Crippen LogP contribution in [-0.2, 0) is 17.8 Å². The largest absolute Gasteiger partial charge is 0.378 e. The number of ether oxygens (including phenoxy) is 1. The Labute approximate surface area is 157 Å². The molecule has 0 aliphatic carbocycles. The lowest BCUT2D eigenvalue weighted by Crippen LogP contribution is -2.36. The van der Waals surface area contributed by atoms with E-state index in [-0.39, 0.29) is 5.82 Å². The first-order chi connectivity index (χ1) is 13.3. The molecule has 7 heteroatoms. The van der Waals surface area contributed by atoms with Crippen LogP contribution in [0.15, 0.2) is 48.9 Å². The number of aromatic nitrogens is 3. The fourth-order valence-electron chi connectivity index (χ4n) is 3.27. The minimum Gasteiger partial charge on any atom is -0.378 e. The van der Waals surface area contributed by atoms with Gasteiger partial charge in [-0.3, -0.25) is 10.1 Å². The van der Waals surface area contributed by atoms with Crippen LogP contribution < -0.4 is 10.2 Å². The summed E-state index contributed by atoms with van der Waals surface area (Å²) < 4.78 is 19.8. The first-order valence-electron chi connectivity index (χ1n) is 9.06. The molecular weight excluding hydrogens is 345 g/mol. The van der Waals surface area contributed by atoms with Crippen molar-refractivity contribution in [1.82, 2.24) is 20.5 Å². The van der Waals surface area contributed by atoms with Crippen molar-refractivity contribution in [2.24, 2.45) is 0 Å².